The molecule has 0 fully saturated rings. The number of hydrogen-bond acceptors (Lipinski definition) is 4. The molecule has 0 aliphatic carbocycles. The summed E-state index contributed by atoms with van der Waals surface area (Å²) >= 11 is 0. The zero-order valence-corrected chi connectivity index (χ0v) is 23.7. The predicted molar refractivity (Wildman–Crippen MR) is 155 cm³/mol. The highest BCUT2D eigenvalue weighted by Crippen LogP contribution is 2.45. The molecular weight excluding hydrogens is 490 g/mol. The first kappa shape index (κ1) is 28.3. The first-order valence-corrected chi connectivity index (χ1v) is 14.1. The summed E-state index contributed by atoms with van der Waals surface area (Å²) < 4.78 is 13.5. The molecule has 7 heteroatoms. The summed E-state index contributed by atoms with van der Waals surface area (Å²) in [5.74, 6) is 1.28. The van der Waals surface area contributed by atoms with E-state index in [0.717, 1.165) is 61.2 Å². The minimum absolute atomic E-state index is 0.0322. The highest BCUT2D eigenvalue weighted by molar-refractivity contribution is 6.00. The number of ether oxygens (including phenoxy) is 2. The van der Waals surface area contributed by atoms with Gasteiger partial charge in [0.2, 0.25) is 11.8 Å². The average Bonchev–Trinajstić information content (AvgIpc) is 3.46. The standard InChI is InChI=1S/C32H41N3O4/c1-5-7-9-10-17-30(36)33(20-8-6-2)23-31(37)35-27-15-12-11-14-26(27)34-21-13-16-28(34)32(35)25-22-24(38-3)18-19-29(25)39-4/h11-16,18-19,21-22,32H,5-10,17,20,23H2,1-4H3. The van der Waals surface area contributed by atoms with E-state index in [1.807, 2.05) is 65.7 Å². The molecule has 2 amide bonds. The molecule has 0 saturated heterocycles. The minimum Gasteiger partial charge on any atom is -0.497 e. The van der Waals surface area contributed by atoms with Crippen molar-refractivity contribution in [3.8, 4) is 17.2 Å². The molecule has 208 valence electrons. The first-order chi connectivity index (χ1) is 19.0. The molecule has 0 radical (unpaired) electrons. The number of aromatic nitrogens is 1. The summed E-state index contributed by atoms with van der Waals surface area (Å²) in [6.07, 6.45) is 8.44. The molecule has 0 spiro atoms. The molecule has 1 atom stereocenters. The van der Waals surface area contributed by atoms with Gasteiger partial charge < -0.3 is 18.9 Å². The van der Waals surface area contributed by atoms with Crippen molar-refractivity contribution in [3.05, 3.63) is 72.1 Å². The highest BCUT2D eigenvalue weighted by Gasteiger charge is 2.38. The van der Waals surface area contributed by atoms with Gasteiger partial charge in [-0.2, -0.15) is 0 Å². The zero-order chi connectivity index (χ0) is 27.8. The number of carbonyl (C=O) groups excluding carboxylic acids is 2. The van der Waals surface area contributed by atoms with Crippen molar-refractivity contribution in [2.75, 3.05) is 32.2 Å². The second kappa shape index (κ2) is 13.4. The molecule has 1 aromatic heterocycles. The van der Waals surface area contributed by atoms with Gasteiger partial charge in [0.05, 0.1) is 31.3 Å². The van der Waals surface area contributed by atoms with Gasteiger partial charge in [-0.05, 0) is 55.3 Å². The summed E-state index contributed by atoms with van der Waals surface area (Å²) in [7, 11) is 3.27. The third-order valence-corrected chi connectivity index (χ3v) is 7.42. The molecule has 1 aliphatic rings. The van der Waals surface area contributed by atoms with Crippen LogP contribution >= 0.6 is 0 Å². The fourth-order valence-electron chi connectivity index (χ4n) is 5.35. The van der Waals surface area contributed by atoms with Gasteiger partial charge in [-0.1, -0.05) is 51.7 Å². The van der Waals surface area contributed by atoms with E-state index in [9.17, 15) is 9.59 Å². The molecule has 3 aromatic rings. The second-order valence-corrected chi connectivity index (χ2v) is 10.0. The number of benzene rings is 2. The maximum absolute atomic E-state index is 14.3. The topological polar surface area (TPSA) is 64.0 Å². The van der Waals surface area contributed by atoms with Gasteiger partial charge in [0.1, 0.15) is 24.1 Å². The van der Waals surface area contributed by atoms with Crippen LogP contribution in [0.25, 0.3) is 5.69 Å². The Labute approximate surface area is 232 Å². The molecule has 1 unspecified atom stereocenters. The summed E-state index contributed by atoms with van der Waals surface area (Å²) in [6, 6.07) is 17.1. The van der Waals surface area contributed by atoms with Crippen LogP contribution in [0.3, 0.4) is 0 Å². The quantitative estimate of drug-likeness (QED) is 0.235. The van der Waals surface area contributed by atoms with E-state index in [2.05, 4.69) is 18.4 Å². The van der Waals surface area contributed by atoms with E-state index >= 15 is 0 Å². The van der Waals surface area contributed by atoms with Crippen LogP contribution in [-0.2, 0) is 9.59 Å². The molecule has 7 nitrogen and oxygen atoms in total. The Hall–Kier alpha value is -3.74. The number of anilines is 1. The Morgan fingerprint density at radius 3 is 2.36 bits per heavy atom. The lowest BCUT2D eigenvalue weighted by Gasteiger charge is -2.40. The first-order valence-electron chi connectivity index (χ1n) is 14.1. The second-order valence-electron chi connectivity index (χ2n) is 10.0. The number of methoxy groups -OCH3 is 2. The number of hydrogen-bond donors (Lipinski definition) is 0. The Kier molecular flexibility index (Phi) is 9.69. The van der Waals surface area contributed by atoms with E-state index in [-0.39, 0.29) is 18.4 Å². The SMILES string of the molecule is CCCCCCC(=O)N(CCCC)CC(=O)N1c2ccccc2-n2cccc2C1c1cc(OC)ccc1OC. The van der Waals surface area contributed by atoms with E-state index < -0.39 is 6.04 Å². The van der Waals surface area contributed by atoms with Gasteiger partial charge in [-0.15, -0.1) is 0 Å². The van der Waals surface area contributed by atoms with E-state index in [0.29, 0.717) is 24.5 Å². The number of nitrogens with zero attached hydrogens (tertiary/aromatic N) is 3. The number of carbonyl (C=O) groups is 2. The largest absolute Gasteiger partial charge is 0.497 e. The lowest BCUT2D eigenvalue weighted by Crippen LogP contribution is -2.47. The van der Waals surface area contributed by atoms with Gasteiger partial charge in [-0.3, -0.25) is 14.5 Å². The van der Waals surface area contributed by atoms with Crippen molar-refractivity contribution in [1.29, 1.82) is 0 Å². The number of unbranched alkanes of at least 4 members (excludes halogenated alkanes) is 4. The van der Waals surface area contributed by atoms with E-state index in [4.69, 9.17) is 9.47 Å². The van der Waals surface area contributed by atoms with Gasteiger partial charge >= 0.3 is 0 Å². The molecule has 0 bridgehead atoms. The summed E-state index contributed by atoms with van der Waals surface area (Å²) in [5, 5.41) is 0. The van der Waals surface area contributed by atoms with Crippen LogP contribution in [0.2, 0.25) is 0 Å². The minimum atomic E-state index is -0.458. The Morgan fingerprint density at radius 2 is 1.64 bits per heavy atom. The van der Waals surface area contributed by atoms with E-state index in [1.165, 1.54) is 0 Å². The smallest absolute Gasteiger partial charge is 0.247 e. The fourth-order valence-corrected chi connectivity index (χ4v) is 5.35. The molecule has 1 aliphatic heterocycles. The molecule has 2 heterocycles. The van der Waals surface area contributed by atoms with Gasteiger partial charge in [0.15, 0.2) is 0 Å². The van der Waals surface area contributed by atoms with Crippen LogP contribution in [0.5, 0.6) is 11.5 Å². The van der Waals surface area contributed by atoms with Crippen LogP contribution < -0.4 is 14.4 Å². The molecule has 0 saturated carbocycles. The van der Waals surface area contributed by atoms with Crippen molar-refractivity contribution in [1.82, 2.24) is 9.47 Å². The van der Waals surface area contributed by atoms with Crippen LogP contribution in [0.15, 0.2) is 60.8 Å². The highest BCUT2D eigenvalue weighted by atomic mass is 16.5. The summed E-state index contributed by atoms with van der Waals surface area (Å²) in [4.78, 5) is 31.2. The third kappa shape index (κ3) is 6.13. The maximum Gasteiger partial charge on any atom is 0.247 e. The maximum atomic E-state index is 14.3. The van der Waals surface area contributed by atoms with Gasteiger partial charge in [0.25, 0.3) is 0 Å². The summed E-state index contributed by atoms with van der Waals surface area (Å²) in [6.45, 7) is 4.87. The molecule has 2 aromatic carbocycles. The lowest BCUT2D eigenvalue weighted by molar-refractivity contribution is -0.135. The number of para-hydroxylation sites is 2. The van der Waals surface area contributed by atoms with Crippen molar-refractivity contribution < 1.29 is 19.1 Å². The lowest BCUT2D eigenvalue weighted by atomic mass is 9.96. The predicted octanol–water partition coefficient (Wildman–Crippen LogP) is 6.53. The van der Waals surface area contributed by atoms with Gasteiger partial charge in [-0.25, -0.2) is 0 Å². The van der Waals surface area contributed by atoms with Crippen LogP contribution in [0.1, 0.15) is 76.1 Å². The van der Waals surface area contributed by atoms with Crippen LogP contribution in [-0.4, -0.2) is 48.6 Å². The zero-order valence-electron chi connectivity index (χ0n) is 23.7. The Bertz CT molecular complexity index is 1270. The third-order valence-electron chi connectivity index (χ3n) is 7.42. The number of fused-ring (bicyclic) bond motifs is 3. The molecule has 0 N–H and O–H groups in total. The summed E-state index contributed by atoms with van der Waals surface area (Å²) in [5.41, 5.74) is 3.49. The normalized spacial score (nSPS) is 13.9. The molecule has 39 heavy (non-hydrogen) atoms. The van der Waals surface area contributed by atoms with Crippen LogP contribution in [0.4, 0.5) is 5.69 Å². The number of rotatable bonds is 13. The van der Waals surface area contributed by atoms with E-state index in [1.54, 1.807) is 19.1 Å². The monoisotopic (exact) mass is 531 g/mol. The van der Waals surface area contributed by atoms with Crippen molar-refractivity contribution >= 4 is 17.5 Å². The fraction of sp³-hybridized carbons (Fsp3) is 0.438. The average molecular weight is 532 g/mol. The van der Waals surface area contributed by atoms with Crippen molar-refractivity contribution in [3.63, 3.8) is 0 Å². The van der Waals surface area contributed by atoms with Crippen LogP contribution in [0, 0.1) is 0 Å². The Balaban J connectivity index is 1.75. The number of amides is 2. The molecule has 4 rings (SSSR count). The van der Waals surface area contributed by atoms with Crippen molar-refractivity contribution in [2.24, 2.45) is 0 Å². The Morgan fingerprint density at radius 1 is 0.872 bits per heavy atom. The molecular formula is C32H41N3O4. The van der Waals surface area contributed by atoms with Gasteiger partial charge in [0, 0.05) is 24.7 Å². The van der Waals surface area contributed by atoms with Crippen molar-refractivity contribution in [2.45, 2.75) is 64.8 Å².